The van der Waals surface area contributed by atoms with Crippen molar-refractivity contribution < 1.29 is 9.53 Å². The quantitative estimate of drug-likeness (QED) is 0.771. The Morgan fingerprint density at radius 3 is 2.44 bits per heavy atom. The molecule has 16 heavy (non-hydrogen) atoms. The Balaban J connectivity index is 2.67. The summed E-state index contributed by atoms with van der Waals surface area (Å²) in [4.78, 5) is 20.0. The number of para-hydroxylation sites is 2. The number of ether oxygens (including phenoxy) is 1. The fraction of sp³-hybridized carbons (Fsp3) is 0.182. The van der Waals surface area contributed by atoms with E-state index in [0.29, 0.717) is 11.3 Å². The zero-order valence-electron chi connectivity index (χ0n) is 9.02. The number of aromatic nitrogens is 2. The van der Waals surface area contributed by atoms with Crippen LogP contribution in [0.4, 0.5) is 5.82 Å². The second kappa shape index (κ2) is 4.14. The summed E-state index contributed by atoms with van der Waals surface area (Å²) in [6.45, 7) is 0. The largest absolute Gasteiger partial charge is 0.464 e. The Kier molecular flexibility index (Phi) is 2.68. The predicted octanol–water partition coefficient (Wildman–Crippen LogP) is 1.46. The van der Waals surface area contributed by atoms with Crippen LogP contribution in [0.25, 0.3) is 11.0 Å². The van der Waals surface area contributed by atoms with Gasteiger partial charge in [-0.1, -0.05) is 12.1 Å². The van der Waals surface area contributed by atoms with Gasteiger partial charge >= 0.3 is 5.97 Å². The molecule has 1 aromatic carbocycles. The molecule has 0 fully saturated rings. The van der Waals surface area contributed by atoms with Gasteiger partial charge in [0.1, 0.15) is 0 Å². The van der Waals surface area contributed by atoms with Crippen LogP contribution in [0.3, 0.4) is 0 Å². The summed E-state index contributed by atoms with van der Waals surface area (Å²) in [5, 5.41) is 2.83. The first-order valence-electron chi connectivity index (χ1n) is 4.79. The Hall–Kier alpha value is -2.17. The summed E-state index contributed by atoms with van der Waals surface area (Å²) in [6, 6.07) is 7.35. The number of hydrogen-bond donors (Lipinski definition) is 1. The monoisotopic (exact) mass is 217 g/mol. The number of carbonyl (C=O) groups excluding carboxylic acids is 1. The predicted molar refractivity (Wildman–Crippen MR) is 60.4 cm³/mol. The molecule has 82 valence electrons. The minimum Gasteiger partial charge on any atom is -0.464 e. The van der Waals surface area contributed by atoms with Gasteiger partial charge in [0.2, 0.25) is 0 Å². The van der Waals surface area contributed by atoms with E-state index in [9.17, 15) is 4.79 Å². The molecule has 2 aromatic rings. The van der Waals surface area contributed by atoms with Crippen molar-refractivity contribution in [1.82, 2.24) is 9.97 Å². The third-order valence-electron chi connectivity index (χ3n) is 2.19. The first kappa shape index (κ1) is 10.4. The van der Waals surface area contributed by atoms with Crippen molar-refractivity contribution in [3.8, 4) is 0 Å². The highest BCUT2D eigenvalue weighted by Gasteiger charge is 2.15. The number of hydrogen-bond acceptors (Lipinski definition) is 5. The summed E-state index contributed by atoms with van der Waals surface area (Å²) >= 11 is 0. The lowest BCUT2D eigenvalue weighted by Gasteiger charge is -2.06. The maximum Gasteiger partial charge on any atom is 0.360 e. The van der Waals surface area contributed by atoms with Crippen molar-refractivity contribution in [2.45, 2.75) is 0 Å². The van der Waals surface area contributed by atoms with Gasteiger partial charge in [0.25, 0.3) is 0 Å². The molecule has 0 bridgehead atoms. The smallest absolute Gasteiger partial charge is 0.360 e. The zero-order chi connectivity index (χ0) is 11.5. The first-order chi connectivity index (χ1) is 7.76. The van der Waals surface area contributed by atoms with Gasteiger partial charge in [0, 0.05) is 7.05 Å². The van der Waals surface area contributed by atoms with Gasteiger partial charge in [0.15, 0.2) is 11.5 Å². The maximum absolute atomic E-state index is 11.5. The van der Waals surface area contributed by atoms with Crippen molar-refractivity contribution in [3.05, 3.63) is 30.0 Å². The summed E-state index contributed by atoms with van der Waals surface area (Å²) in [6.07, 6.45) is 0. The Morgan fingerprint density at radius 2 is 1.88 bits per heavy atom. The van der Waals surface area contributed by atoms with Crippen LogP contribution in [0, 0.1) is 0 Å². The normalized spacial score (nSPS) is 10.1. The second-order valence-electron chi connectivity index (χ2n) is 3.15. The number of esters is 1. The van der Waals surface area contributed by atoms with E-state index in [1.165, 1.54) is 7.11 Å². The number of fused-ring (bicyclic) bond motifs is 1. The molecular weight excluding hydrogens is 206 g/mol. The lowest BCUT2D eigenvalue weighted by Crippen LogP contribution is -2.10. The standard InChI is InChI=1S/C11H11N3O2/c1-12-10-9(11(15)16-2)13-7-5-3-4-6-8(7)14-10/h3-6H,1-2H3,(H,12,14). The molecule has 0 saturated carbocycles. The molecule has 1 heterocycles. The second-order valence-corrected chi connectivity index (χ2v) is 3.15. The maximum atomic E-state index is 11.5. The molecule has 0 aliphatic carbocycles. The van der Waals surface area contributed by atoms with E-state index < -0.39 is 5.97 Å². The van der Waals surface area contributed by atoms with Gasteiger partial charge in [-0.3, -0.25) is 0 Å². The van der Waals surface area contributed by atoms with Crippen molar-refractivity contribution in [2.24, 2.45) is 0 Å². The number of carbonyl (C=O) groups is 1. The third kappa shape index (κ3) is 1.67. The SMILES string of the molecule is CNc1nc2ccccc2nc1C(=O)OC. The Bertz CT molecular complexity index is 540. The number of rotatable bonds is 2. The van der Waals surface area contributed by atoms with E-state index in [1.807, 2.05) is 18.2 Å². The number of nitrogens with one attached hydrogen (secondary N) is 1. The Labute approximate surface area is 92.5 Å². The average molecular weight is 217 g/mol. The molecule has 0 aliphatic rings. The van der Waals surface area contributed by atoms with Crippen molar-refractivity contribution in [2.75, 3.05) is 19.5 Å². The van der Waals surface area contributed by atoms with Crippen LogP contribution >= 0.6 is 0 Å². The number of anilines is 1. The molecule has 0 saturated heterocycles. The highest BCUT2D eigenvalue weighted by atomic mass is 16.5. The summed E-state index contributed by atoms with van der Waals surface area (Å²) in [5.41, 5.74) is 1.60. The fourth-order valence-corrected chi connectivity index (χ4v) is 1.41. The zero-order valence-corrected chi connectivity index (χ0v) is 9.02. The van der Waals surface area contributed by atoms with Crippen LogP contribution in [-0.4, -0.2) is 30.1 Å². The summed E-state index contributed by atoms with van der Waals surface area (Å²) in [7, 11) is 3.00. The van der Waals surface area contributed by atoms with Gasteiger partial charge < -0.3 is 10.1 Å². The number of methoxy groups -OCH3 is 1. The lowest BCUT2D eigenvalue weighted by molar-refractivity contribution is 0.0595. The molecule has 0 radical (unpaired) electrons. The van der Waals surface area contributed by atoms with Gasteiger partial charge in [-0.2, -0.15) is 0 Å². The molecule has 5 heteroatoms. The molecule has 1 N–H and O–H groups in total. The fourth-order valence-electron chi connectivity index (χ4n) is 1.41. The van der Waals surface area contributed by atoms with Crippen molar-refractivity contribution >= 4 is 22.8 Å². The first-order valence-corrected chi connectivity index (χ1v) is 4.79. The lowest BCUT2D eigenvalue weighted by atomic mass is 10.3. The van der Waals surface area contributed by atoms with E-state index in [1.54, 1.807) is 13.1 Å². The topological polar surface area (TPSA) is 64.1 Å². The number of nitrogens with zero attached hydrogens (tertiary/aromatic N) is 2. The summed E-state index contributed by atoms with van der Waals surface area (Å²) in [5.74, 6) is -0.0758. The van der Waals surface area contributed by atoms with E-state index >= 15 is 0 Å². The minimum absolute atomic E-state index is 0.198. The van der Waals surface area contributed by atoms with Crippen LogP contribution in [-0.2, 0) is 4.74 Å². The van der Waals surface area contributed by atoms with Crippen molar-refractivity contribution in [1.29, 1.82) is 0 Å². The van der Waals surface area contributed by atoms with Gasteiger partial charge in [-0.15, -0.1) is 0 Å². The van der Waals surface area contributed by atoms with Crippen LogP contribution in [0.5, 0.6) is 0 Å². The molecule has 5 nitrogen and oxygen atoms in total. The van der Waals surface area contributed by atoms with Crippen LogP contribution in [0.15, 0.2) is 24.3 Å². The van der Waals surface area contributed by atoms with Crippen LogP contribution < -0.4 is 5.32 Å². The van der Waals surface area contributed by atoms with E-state index in [0.717, 1.165) is 5.52 Å². The van der Waals surface area contributed by atoms with Crippen LogP contribution in [0.1, 0.15) is 10.5 Å². The van der Waals surface area contributed by atoms with Gasteiger partial charge in [-0.05, 0) is 12.1 Å². The minimum atomic E-state index is -0.498. The molecule has 0 amide bonds. The Morgan fingerprint density at radius 1 is 1.25 bits per heavy atom. The van der Waals surface area contributed by atoms with E-state index in [2.05, 4.69) is 20.0 Å². The molecule has 1 aromatic heterocycles. The molecule has 0 aliphatic heterocycles. The van der Waals surface area contributed by atoms with Gasteiger partial charge in [0.05, 0.1) is 18.1 Å². The highest BCUT2D eigenvalue weighted by Crippen LogP contribution is 2.16. The average Bonchev–Trinajstić information content (AvgIpc) is 2.36. The molecule has 0 unspecified atom stereocenters. The van der Waals surface area contributed by atoms with E-state index in [-0.39, 0.29) is 5.69 Å². The molecule has 2 rings (SSSR count). The molecule has 0 spiro atoms. The number of benzene rings is 1. The van der Waals surface area contributed by atoms with Crippen LogP contribution in [0.2, 0.25) is 0 Å². The summed E-state index contributed by atoms with van der Waals surface area (Å²) < 4.78 is 4.65. The van der Waals surface area contributed by atoms with Crippen molar-refractivity contribution in [3.63, 3.8) is 0 Å². The molecule has 0 atom stereocenters. The van der Waals surface area contributed by atoms with Gasteiger partial charge in [-0.25, -0.2) is 14.8 Å². The third-order valence-corrected chi connectivity index (χ3v) is 2.19. The van der Waals surface area contributed by atoms with E-state index in [4.69, 9.17) is 0 Å². The molecular formula is C11H11N3O2. The highest BCUT2D eigenvalue weighted by molar-refractivity contribution is 5.95.